The van der Waals surface area contributed by atoms with Crippen LogP contribution in [0.2, 0.25) is 0 Å². The minimum atomic E-state index is -0.818. The molecule has 2 atom stereocenters. The zero-order chi connectivity index (χ0) is 18.0. The van der Waals surface area contributed by atoms with Gasteiger partial charge in [-0.05, 0) is 36.3 Å². The van der Waals surface area contributed by atoms with Gasteiger partial charge in [-0.1, -0.05) is 13.8 Å². The molecule has 0 aromatic carbocycles. The van der Waals surface area contributed by atoms with Crippen molar-refractivity contribution < 1.29 is 19.1 Å². The molecular weight excluding hydrogens is 340 g/mol. The highest BCUT2D eigenvalue weighted by molar-refractivity contribution is 7.17. The van der Waals surface area contributed by atoms with E-state index in [0.29, 0.717) is 12.2 Å². The van der Waals surface area contributed by atoms with Crippen LogP contribution in [-0.2, 0) is 21.3 Å². The number of hydrogen-bond acceptors (Lipinski definition) is 5. The van der Waals surface area contributed by atoms with Crippen molar-refractivity contribution in [1.82, 2.24) is 9.88 Å². The lowest BCUT2D eigenvalue weighted by molar-refractivity contribution is -0.132. The molecule has 136 valence electrons. The first-order chi connectivity index (χ1) is 12.0. The Kier molecular flexibility index (Phi) is 5.44. The number of amides is 1. The Hall–Kier alpha value is -1.86. The normalized spacial score (nSPS) is 18.6. The van der Waals surface area contributed by atoms with Gasteiger partial charge in [0.1, 0.15) is 5.69 Å². The fourth-order valence-electron chi connectivity index (χ4n) is 3.03. The maximum Gasteiger partial charge on any atom is 0.355 e. The Bertz CT molecular complexity index is 758. The molecule has 1 fully saturated rings. The van der Waals surface area contributed by atoms with E-state index in [0.717, 1.165) is 29.7 Å². The van der Waals surface area contributed by atoms with Crippen molar-refractivity contribution in [3.05, 3.63) is 23.2 Å². The van der Waals surface area contributed by atoms with E-state index < -0.39 is 12.1 Å². The van der Waals surface area contributed by atoms with Crippen LogP contribution in [0.25, 0.3) is 10.2 Å². The molecule has 1 saturated heterocycles. The minimum Gasteiger partial charge on any atom is -0.447 e. The smallest absolute Gasteiger partial charge is 0.355 e. The van der Waals surface area contributed by atoms with Crippen LogP contribution in [-0.4, -0.2) is 41.8 Å². The number of rotatable bonds is 6. The number of aryl methyl sites for hydroxylation is 1. The van der Waals surface area contributed by atoms with Crippen molar-refractivity contribution in [1.29, 1.82) is 0 Å². The third-order valence-corrected chi connectivity index (χ3v) is 5.35. The fraction of sp³-hybridized carbons (Fsp3) is 0.556. The largest absolute Gasteiger partial charge is 0.447 e. The summed E-state index contributed by atoms with van der Waals surface area (Å²) in [5, 5.41) is 4.83. The number of carbonyl (C=O) groups excluding carboxylic acids is 2. The molecule has 0 aliphatic carbocycles. The Morgan fingerprint density at radius 1 is 1.48 bits per heavy atom. The molecule has 0 spiro atoms. The maximum absolute atomic E-state index is 12.6. The first kappa shape index (κ1) is 17.9. The van der Waals surface area contributed by atoms with Crippen LogP contribution in [0.15, 0.2) is 17.5 Å². The number of aromatic nitrogens is 1. The second kappa shape index (κ2) is 7.58. The fourth-order valence-corrected chi connectivity index (χ4v) is 3.88. The summed E-state index contributed by atoms with van der Waals surface area (Å²) in [6.45, 7) is 4.94. The molecule has 2 aromatic rings. The molecule has 6 nitrogen and oxygen atoms in total. The summed E-state index contributed by atoms with van der Waals surface area (Å²) in [5.74, 6) is -0.860. The quantitative estimate of drug-likeness (QED) is 0.800. The summed E-state index contributed by atoms with van der Waals surface area (Å²) < 4.78 is 13.9. The Labute approximate surface area is 151 Å². The number of esters is 1. The van der Waals surface area contributed by atoms with E-state index in [1.54, 1.807) is 15.9 Å². The van der Waals surface area contributed by atoms with Crippen LogP contribution in [0.5, 0.6) is 0 Å². The van der Waals surface area contributed by atoms with Gasteiger partial charge < -0.3 is 19.4 Å². The maximum atomic E-state index is 12.6. The van der Waals surface area contributed by atoms with Gasteiger partial charge >= 0.3 is 5.97 Å². The zero-order valence-corrected chi connectivity index (χ0v) is 15.6. The average molecular weight is 364 g/mol. The van der Waals surface area contributed by atoms with E-state index >= 15 is 0 Å². The summed E-state index contributed by atoms with van der Waals surface area (Å²) in [7, 11) is 1.83. The van der Waals surface area contributed by atoms with Gasteiger partial charge in [0.05, 0.1) is 16.3 Å². The Morgan fingerprint density at radius 2 is 2.28 bits per heavy atom. The van der Waals surface area contributed by atoms with Gasteiger partial charge in [0, 0.05) is 20.2 Å². The van der Waals surface area contributed by atoms with Crippen LogP contribution in [0.1, 0.15) is 37.2 Å². The molecule has 7 heteroatoms. The van der Waals surface area contributed by atoms with Gasteiger partial charge in [-0.15, -0.1) is 11.3 Å². The van der Waals surface area contributed by atoms with E-state index in [-0.39, 0.29) is 17.9 Å². The van der Waals surface area contributed by atoms with E-state index in [1.165, 1.54) is 0 Å². The molecule has 0 radical (unpaired) electrons. The molecule has 1 N–H and O–H groups in total. The van der Waals surface area contributed by atoms with Gasteiger partial charge in [-0.25, -0.2) is 4.79 Å². The monoisotopic (exact) mass is 364 g/mol. The van der Waals surface area contributed by atoms with Crippen LogP contribution < -0.4 is 5.32 Å². The number of nitrogens with one attached hydrogen (secondary N) is 1. The predicted molar refractivity (Wildman–Crippen MR) is 96.8 cm³/mol. The summed E-state index contributed by atoms with van der Waals surface area (Å²) in [6.07, 6.45) is 1.22. The molecule has 0 unspecified atom stereocenters. The second-order valence-electron chi connectivity index (χ2n) is 6.71. The summed E-state index contributed by atoms with van der Waals surface area (Å²) >= 11 is 1.57. The lowest BCUT2D eigenvalue weighted by Crippen LogP contribution is -2.43. The lowest BCUT2D eigenvalue weighted by atomic mass is 10.1. The van der Waals surface area contributed by atoms with Gasteiger partial charge in [0.25, 0.3) is 5.91 Å². The number of hydrogen-bond donors (Lipinski definition) is 1. The summed E-state index contributed by atoms with van der Waals surface area (Å²) in [5.41, 5.74) is 1.44. The molecule has 3 heterocycles. The molecule has 25 heavy (non-hydrogen) atoms. The molecule has 0 saturated carbocycles. The van der Waals surface area contributed by atoms with Crippen molar-refractivity contribution in [3.63, 3.8) is 0 Å². The van der Waals surface area contributed by atoms with E-state index in [9.17, 15) is 9.59 Å². The third-order valence-electron chi connectivity index (χ3n) is 4.50. The van der Waals surface area contributed by atoms with Gasteiger partial charge in [0.15, 0.2) is 6.10 Å². The van der Waals surface area contributed by atoms with E-state index in [4.69, 9.17) is 9.47 Å². The lowest BCUT2D eigenvalue weighted by Gasteiger charge is -2.21. The van der Waals surface area contributed by atoms with Gasteiger partial charge in [0.2, 0.25) is 0 Å². The summed E-state index contributed by atoms with van der Waals surface area (Å²) in [4.78, 5) is 25.0. The van der Waals surface area contributed by atoms with Crippen molar-refractivity contribution in [2.75, 3.05) is 13.2 Å². The Morgan fingerprint density at radius 3 is 2.92 bits per heavy atom. The molecule has 1 amide bonds. The van der Waals surface area contributed by atoms with Crippen molar-refractivity contribution >= 4 is 33.4 Å². The standard InChI is InChI=1S/C18H24N2O4S/c1-11(2)16(17(21)19-10-12-5-4-7-23-12)24-18(22)14-9-15-13(20(14)3)6-8-25-15/h6,8-9,11-12,16H,4-5,7,10H2,1-3H3,(H,19,21)/t12-,16+/m0/s1. The second-order valence-corrected chi connectivity index (χ2v) is 7.66. The SMILES string of the molecule is CC(C)[C@@H](OC(=O)c1cc2sccc2n1C)C(=O)NC[C@@H]1CCCO1. The minimum absolute atomic E-state index is 0.0622. The van der Waals surface area contributed by atoms with Crippen LogP contribution in [0.4, 0.5) is 0 Å². The molecule has 1 aliphatic rings. The predicted octanol–water partition coefficient (Wildman–Crippen LogP) is 2.72. The highest BCUT2D eigenvalue weighted by Gasteiger charge is 2.29. The molecule has 3 rings (SSSR count). The van der Waals surface area contributed by atoms with Crippen LogP contribution in [0.3, 0.4) is 0 Å². The van der Waals surface area contributed by atoms with Crippen molar-refractivity contribution in [2.45, 2.75) is 38.9 Å². The van der Waals surface area contributed by atoms with E-state index in [1.807, 2.05) is 38.4 Å². The Balaban J connectivity index is 1.65. The highest BCUT2D eigenvalue weighted by Crippen LogP contribution is 2.25. The number of fused-ring (bicyclic) bond motifs is 1. The zero-order valence-electron chi connectivity index (χ0n) is 14.8. The number of carbonyl (C=O) groups is 2. The average Bonchev–Trinajstić information content (AvgIpc) is 3.29. The number of thiophene rings is 1. The molecule has 0 bridgehead atoms. The topological polar surface area (TPSA) is 69.6 Å². The van der Waals surface area contributed by atoms with Crippen LogP contribution >= 0.6 is 11.3 Å². The van der Waals surface area contributed by atoms with Crippen molar-refractivity contribution in [3.8, 4) is 0 Å². The van der Waals surface area contributed by atoms with Crippen molar-refractivity contribution in [2.24, 2.45) is 13.0 Å². The van der Waals surface area contributed by atoms with E-state index in [2.05, 4.69) is 5.32 Å². The third kappa shape index (κ3) is 3.88. The molecule has 1 aliphatic heterocycles. The first-order valence-corrected chi connectivity index (χ1v) is 9.48. The summed E-state index contributed by atoms with van der Waals surface area (Å²) in [6, 6.07) is 3.77. The molecular formula is C18H24N2O4S. The van der Waals surface area contributed by atoms with Gasteiger partial charge in [-0.3, -0.25) is 4.79 Å². The van der Waals surface area contributed by atoms with Crippen LogP contribution in [0, 0.1) is 5.92 Å². The highest BCUT2D eigenvalue weighted by atomic mass is 32.1. The van der Waals surface area contributed by atoms with Gasteiger partial charge in [-0.2, -0.15) is 0 Å². The molecule has 2 aromatic heterocycles. The number of nitrogens with zero attached hydrogens (tertiary/aromatic N) is 1. The number of ether oxygens (including phenoxy) is 2. The first-order valence-electron chi connectivity index (χ1n) is 8.60.